The van der Waals surface area contributed by atoms with Gasteiger partial charge in [-0.05, 0) is 48.1 Å². The highest BCUT2D eigenvalue weighted by Gasteiger charge is 2.43. The van der Waals surface area contributed by atoms with Gasteiger partial charge in [0.05, 0.1) is 11.3 Å². The van der Waals surface area contributed by atoms with E-state index >= 15 is 0 Å². The second-order valence-electron chi connectivity index (χ2n) is 6.78. The summed E-state index contributed by atoms with van der Waals surface area (Å²) in [5.41, 5.74) is 1.08. The lowest BCUT2D eigenvalue weighted by molar-refractivity contribution is 0.585. The van der Waals surface area contributed by atoms with Gasteiger partial charge in [-0.3, -0.25) is 9.78 Å². The molecule has 1 aromatic carbocycles. The number of halogens is 2. The Balaban J connectivity index is 1.62. The van der Waals surface area contributed by atoms with E-state index in [4.69, 9.17) is 0 Å². The number of benzene rings is 1. The zero-order chi connectivity index (χ0) is 19.4. The summed E-state index contributed by atoms with van der Waals surface area (Å²) in [5.74, 6) is -1.19. The molecule has 0 unspecified atom stereocenters. The van der Waals surface area contributed by atoms with Gasteiger partial charge in [-0.15, -0.1) is 0 Å². The van der Waals surface area contributed by atoms with Crippen molar-refractivity contribution in [3.8, 4) is 11.3 Å². The van der Waals surface area contributed by atoms with Crippen LogP contribution in [-0.2, 0) is 0 Å². The third kappa shape index (κ3) is 2.63. The maximum absolute atomic E-state index is 14.2. The molecule has 2 N–H and O–H groups in total. The lowest BCUT2D eigenvalue weighted by Crippen LogP contribution is -2.23. The van der Waals surface area contributed by atoms with Crippen molar-refractivity contribution in [1.82, 2.24) is 24.6 Å². The highest BCUT2D eigenvalue weighted by Crippen LogP contribution is 2.56. The van der Waals surface area contributed by atoms with Crippen LogP contribution in [0.3, 0.4) is 0 Å². The molecule has 7 nitrogen and oxygen atoms in total. The fourth-order valence-corrected chi connectivity index (χ4v) is 3.63. The third-order valence-electron chi connectivity index (χ3n) is 5.03. The number of H-pyrrole nitrogens is 2. The molecule has 9 heteroatoms. The van der Waals surface area contributed by atoms with Crippen molar-refractivity contribution in [1.29, 1.82) is 0 Å². The summed E-state index contributed by atoms with van der Waals surface area (Å²) in [6.45, 7) is 0. The number of hydrogen-bond donors (Lipinski definition) is 2. The van der Waals surface area contributed by atoms with Crippen molar-refractivity contribution in [2.45, 2.75) is 18.3 Å². The molecular formula is C19H13F2N5O2. The van der Waals surface area contributed by atoms with Gasteiger partial charge in [0, 0.05) is 24.2 Å². The number of nitrogens with one attached hydrogen (secondary N) is 2. The van der Waals surface area contributed by atoms with Crippen LogP contribution in [0.1, 0.15) is 29.4 Å². The summed E-state index contributed by atoms with van der Waals surface area (Å²) in [7, 11) is 0. The Hall–Kier alpha value is -3.62. The first kappa shape index (κ1) is 16.5. The van der Waals surface area contributed by atoms with E-state index in [1.165, 1.54) is 16.8 Å². The highest BCUT2D eigenvalue weighted by atomic mass is 19.1. The van der Waals surface area contributed by atoms with Crippen LogP contribution in [0.5, 0.6) is 0 Å². The van der Waals surface area contributed by atoms with E-state index < -0.39 is 22.9 Å². The van der Waals surface area contributed by atoms with Gasteiger partial charge in [0.2, 0.25) is 0 Å². The molecule has 28 heavy (non-hydrogen) atoms. The van der Waals surface area contributed by atoms with Crippen LogP contribution in [0.25, 0.3) is 16.9 Å². The molecule has 1 fully saturated rings. The number of hydrogen-bond acceptors (Lipinski definition) is 4. The number of imidazole rings is 1. The van der Waals surface area contributed by atoms with Crippen molar-refractivity contribution in [2.75, 3.05) is 0 Å². The summed E-state index contributed by atoms with van der Waals surface area (Å²) in [6.07, 6.45) is 5.15. The Morgan fingerprint density at radius 3 is 2.75 bits per heavy atom. The molecule has 0 bridgehead atoms. The summed E-state index contributed by atoms with van der Waals surface area (Å²) < 4.78 is 29.3. The lowest BCUT2D eigenvalue weighted by Gasteiger charge is -2.08. The molecule has 1 saturated carbocycles. The van der Waals surface area contributed by atoms with Crippen LogP contribution in [-0.4, -0.2) is 24.6 Å². The van der Waals surface area contributed by atoms with E-state index in [1.807, 2.05) is 0 Å². The number of rotatable bonds is 3. The molecule has 2 atom stereocenters. The summed E-state index contributed by atoms with van der Waals surface area (Å²) >= 11 is 0. The molecule has 1 aliphatic rings. The number of fused-ring (bicyclic) bond motifs is 1. The molecule has 3 heterocycles. The van der Waals surface area contributed by atoms with Crippen molar-refractivity contribution in [3.05, 3.63) is 86.5 Å². The van der Waals surface area contributed by atoms with Gasteiger partial charge < -0.3 is 4.98 Å². The Bertz CT molecular complexity index is 1340. The third-order valence-corrected chi connectivity index (χ3v) is 5.03. The monoisotopic (exact) mass is 381 g/mol. The zero-order valence-electron chi connectivity index (χ0n) is 14.3. The largest absolute Gasteiger partial charge is 0.325 e. The Morgan fingerprint density at radius 2 is 1.93 bits per heavy atom. The van der Waals surface area contributed by atoms with Crippen LogP contribution in [0.2, 0.25) is 0 Å². The van der Waals surface area contributed by atoms with Crippen molar-refractivity contribution >= 4 is 5.65 Å². The average molecular weight is 381 g/mol. The minimum Gasteiger partial charge on any atom is -0.313 e. The summed E-state index contributed by atoms with van der Waals surface area (Å²) in [4.78, 5) is 32.3. The van der Waals surface area contributed by atoms with Crippen LogP contribution < -0.4 is 11.2 Å². The van der Waals surface area contributed by atoms with Gasteiger partial charge in [0.1, 0.15) is 11.6 Å². The molecule has 0 saturated heterocycles. The SMILES string of the molecule is O=c1[nH]cc(-c2cc([C@@H]3C[C@H]3c3cc(F)ccc3F)c3nccn3n2)c(=O)[nH]1. The van der Waals surface area contributed by atoms with Crippen LogP contribution in [0.15, 0.2) is 52.4 Å². The molecule has 3 aromatic heterocycles. The van der Waals surface area contributed by atoms with E-state index in [1.54, 1.807) is 18.5 Å². The van der Waals surface area contributed by atoms with Crippen molar-refractivity contribution < 1.29 is 8.78 Å². The van der Waals surface area contributed by atoms with Crippen LogP contribution in [0, 0.1) is 11.6 Å². The minimum absolute atomic E-state index is 0.0789. The lowest BCUT2D eigenvalue weighted by atomic mass is 10.0. The van der Waals surface area contributed by atoms with E-state index in [0.29, 0.717) is 23.3 Å². The Morgan fingerprint density at radius 1 is 1.11 bits per heavy atom. The molecule has 0 aliphatic heterocycles. The molecule has 0 radical (unpaired) electrons. The minimum atomic E-state index is -0.610. The second-order valence-corrected chi connectivity index (χ2v) is 6.78. The normalized spacial score (nSPS) is 18.5. The molecule has 1 aliphatic carbocycles. The van der Waals surface area contributed by atoms with E-state index in [9.17, 15) is 18.4 Å². The summed E-state index contributed by atoms with van der Waals surface area (Å²) in [6, 6.07) is 5.16. The maximum Gasteiger partial charge on any atom is 0.325 e. The van der Waals surface area contributed by atoms with Gasteiger partial charge in [-0.1, -0.05) is 0 Å². The number of nitrogens with zero attached hydrogens (tertiary/aromatic N) is 3. The molecular weight excluding hydrogens is 368 g/mol. The zero-order valence-corrected chi connectivity index (χ0v) is 14.3. The molecule has 4 aromatic rings. The summed E-state index contributed by atoms with van der Waals surface area (Å²) in [5, 5.41) is 4.37. The molecule has 0 spiro atoms. The van der Waals surface area contributed by atoms with Gasteiger partial charge >= 0.3 is 5.69 Å². The molecule has 0 amide bonds. The number of aromatic nitrogens is 5. The first-order valence-corrected chi connectivity index (χ1v) is 8.63. The van der Waals surface area contributed by atoms with Crippen LogP contribution in [0.4, 0.5) is 8.78 Å². The Labute approximate surface area is 155 Å². The molecule has 140 valence electrons. The fourth-order valence-electron chi connectivity index (χ4n) is 3.63. The van der Waals surface area contributed by atoms with Gasteiger partial charge in [-0.25, -0.2) is 23.1 Å². The van der Waals surface area contributed by atoms with E-state index in [-0.39, 0.29) is 17.4 Å². The fraction of sp³-hybridized carbons (Fsp3) is 0.158. The van der Waals surface area contributed by atoms with Gasteiger partial charge in [-0.2, -0.15) is 5.10 Å². The van der Waals surface area contributed by atoms with Gasteiger partial charge in [0.25, 0.3) is 5.56 Å². The highest BCUT2D eigenvalue weighted by molar-refractivity contribution is 5.63. The first-order chi connectivity index (χ1) is 13.5. The second kappa shape index (κ2) is 5.95. The van der Waals surface area contributed by atoms with Crippen molar-refractivity contribution in [3.63, 3.8) is 0 Å². The molecule has 5 rings (SSSR count). The quantitative estimate of drug-likeness (QED) is 0.569. The standard InChI is InChI=1S/C19H13F2N5O2/c20-9-1-2-15(21)12(5-9)10-6-11(10)13-7-16(25-26-4-3-22-17(13)26)14-8-23-19(28)24-18(14)27/h1-5,7-8,10-11H,6H2,(H2,23,24,27,28)/t10-,11-/m1/s1. The first-order valence-electron chi connectivity index (χ1n) is 8.63. The van der Waals surface area contributed by atoms with Gasteiger partial charge in [0.15, 0.2) is 5.65 Å². The predicted octanol–water partition coefficient (Wildman–Crippen LogP) is 2.32. The van der Waals surface area contributed by atoms with E-state index in [2.05, 4.69) is 20.1 Å². The van der Waals surface area contributed by atoms with Crippen molar-refractivity contribution in [2.24, 2.45) is 0 Å². The van der Waals surface area contributed by atoms with E-state index in [0.717, 1.165) is 17.7 Å². The number of aromatic amines is 2. The topological polar surface area (TPSA) is 95.9 Å². The Kier molecular flexibility index (Phi) is 3.51. The average Bonchev–Trinajstić information content (AvgIpc) is 3.31. The smallest absolute Gasteiger partial charge is 0.313 e. The predicted molar refractivity (Wildman–Crippen MR) is 96.1 cm³/mol. The maximum atomic E-state index is 14.2. The van der Waals surface area contributed by atoms with Crippen LogP contribution >= 0.6 is 0 Å².